The number of fused-ring (bicyclic) bond motifs is 3. The number of ether oxygens (including phenoxy) is 1. The molecule has 7 aromatic heterocycles. The van der Waals surface area contributed by atoms with Crippen molar-refractivity contribution < 1.29 is 18.4 Å². The number of carbonyl (C=O) groups is 1. The lowest BCUT2D eigenvalue weighted by molar-refractivity contribution is 0.0523. The molecular weight excluding hydrogens is 717 g/mol. The third-order valence-electron chi connectivity index (χ3n) is 8.47. The zero-order valence-corrected chi connectivity index (χ0v) is 30.5. The number of hydrogen-bond acceptors (Lipinski definition) is 14. The Balaban J connectivity index is 0.000000161. The van der Waals surface area contributed by atoms with Gasteiger partial charge in [0.25, 0.3) is 0 Å². The molecule has 0 aliphatic carbocycles. The van der Waals surface area contributed by atoms with E-state index in [1.54, 1.807) is 46.2 Å². The predicted molar refractivity (Wildman–Crippen MR) is 206 cm³/mol. The van der Waals surface area contributed by atoms with Crippen LogP contribution in [0.15, 0.2) is 100 Å². The van der Waals surface area contributed by atoms with Crippen molar-refractivity contribution in [2.24, 2.45) is 0 Å². The summed E-state index contributed by atoms with van der Waals surface area (Å²) in [7, 11) is 0. The van der Waals surface area contributed by atoms with Crippen LogP contribution in [0.1, 0.15) is 37.5 Å². The summed E-state index contributed by atoms with van der Waals surface area (Å²) in [6, 6.07) is 23.1. The van der Waals surface area contributed by atoms with Gasteiger partial charge in [-0.1, -0.05) is 46.8 Å². The van der Waals surface area contributed by atoms with Crippen LogP contribution in [0.2, 0.25) is 0 Å². The van der Waals surface area contributed by atoms with Crippen molar-refractivity contribution in [2.45, 2.75) is 46.0 Å². The van der Waals surface area contributed by atoms with E-state index in [9.17, 15) is 4.79 Å². The second kappa shape index (κ2) is 14.7. The molecule has 1 amide bonds. The second-order valence-corrected chi connectivity index (χ2v) is 13.7. The minimum Gasteiger partial charge on any atom is -0.463 e. The molecular formula is C38H36N14O4. The summed E-state index contributed by atoms with van der Waals surface area (Å²) in [6.45, 7) is 6.82. The normalized spacial score (nSPS) is 11.6. The topological polar surface area (TPSA) is 245 Å². The van der Waals surface area contributed by atoms with Crippen LogP contribution in [0.25, 0.3) is 56.1 Å². The fraction of sp³-hybridized carbons (Fsp3) is 0.184. The van der Waals surface area contributed by atoms with Crippen molar-refractivity contribution in [2.75, 3.05) is 11.5 Å². The molecule has 0 unspecified atom stereocenters. The molecule has 6 N–H and O–H groups in total. The predicted octanol–water partition coefficient (Wildman–Crippen LogP) is 5.73. The van der Waals surface area contributed by atoms with Gasteiger partial charge in [0.2, 0.25) is 11.9 Å². The molecule has 18 heteroatoms. The number of nitrogens with one attached hydrogen (secondary N) is 2. The van der Waals surface area contributed by atoms with E-state index in [0.29, 0.717) is 64.9 Å². The van der Waals surface area contributed by atoms with Crippen molar-refractivity contribution in [3.05, 3.63) is 108 Å². The number of alkyl carbamates (subject to hydrolysis) is 1. The number of rotatable bonds is 8. The maximum atomic E-state index is 11.8. The highest BCUT2D eigenvalue weighted by Gasteiger charge is 2.20. The number of benzene rings is 2. The SMILES string of the molecule is CC(C)(C)OC(=O)NCc1ccc(Cn2nnc3c(-c4ccco4)nc(N)nc32)cc1.Nc1nc(-c2ccco2)c2nnn(Cc3cccc4[nH]ccc34)c2n1. The summed E-state index contributed by atoms with van der Waals surface area (Å²) in [5.74, 6) is 1.40. The van der Waals surface area contributed by atoms with E-state index in [1.807, 2.05) is 69.4 Å². The molecule has 0 aliphatic heterocycles. The Hall–Kier alpha value is -7.63. The average Bonchev–Trinajstić information content (AvgIpc) is 4.02. The van der Waals surface area contributed by atoms with Crippen LogP contribution in [0.3, 0.4) is 0 Å². The fourth-order valence-corrected chi connectivity index (χ4v) is 6.00. The molecule has 0 saturated carbocycles. The van der Waals surface area contributed by atoms with Crippen molar-refractivity contribution in [1.82, 2.24) is 60.2 Å². The molecule has 0 radical (unpaired) electrons. The highest BCUT2D eigenvalue weighted by atomic mass is 16.6. The summed E-state index contributed by atoms with van der Waals surface area (Å²) < 4.78 is 19.5. The minimum absolute atomic E-state index is 0.117. The summed E-state index contributed by atoms with van der Waals surface area (Å²) in [5, 5.41) is 20.8. The highest BCUT2D eigenvalue weighted by Crippen LogP contribution is 2.28. The highest BCUT2D eigenvalue weighted by molar-refractivity contribution is 5.87. The van der Waals surface area contributed by atoms with Gasteiger partial charge in [0, 0.05) is 23.6 Å². The van der Waals surface area contributed by atoms with Gasteiger partial charge in [0.1, 0.15) is 17.0 Å². The summed E-state index contributed by atoms with van der Waals surface area (Å²) in [4.78, 5) is 32.1. The van der Waals surface area contributed by atoms with Gasteiger partial charge in [-0.15, -0.1) is 10.2 Å². The lowest BCUT2D eigenvalue weighted by Gasteiger charge is -2.19. The van der Waals surface area contributed by atoms with E-state index in [2.05, 4.69) is 56.9 Å². The standard InChI is InChI=1S/C21H23N7O3.C17H13N7O/c1-21(2,3)31-20(29)23-11-13-6-8-14(9-7-13)12-28-18-17(26-27-28)16(24-19(22)25-18)15-5-4-10-30-15;18-17-20-14(13-5-2-8-25-13)15-16(21-17)24(23-22-15)9-10-3-1-4-12-11(10)6-7-19-12/h4-10H,11-12H2,1-3H3,(H,23,29)(H2,22,24,25);1-8,19H,9H2,(H2,18,20,21). The Morgan fingerprint density at radius 2 is 1.34 bits per heavy atom. The number of nitrogens with two attached hydrogens (primary N) is 2. The van der Waals surface area contributed by atoms with Crippen LogP contribution in [-0.4, -0.2) is 66.6 Å². The van der Waals surface area contributed by atoms with E-state index in [0.717, 1.165) is 27.6 Å². The van der Waals surface area contributed by atoms with Crippen molar-refractivity contribution in [3.8, 4) is 22.9 Å². The second-order valence-electron chi connectivity index (χ2n) is 13.7. The van der Waals surface area contributed by atoms with Crippen LogP contribution in [0, 0.1) is 0 Å². The third kappa shape index (κ3) is 7.56. The molecule has 56 heavy (non-hydrogen) atoms. The largest absolute Gasteiger partial charge is 0.463 e. The van der Waals surface area contributed by atoms with Gasteiger partial charge in [0.05, 0.1) is 25.6 Å². The Morgan fingerprint density at radius 3 is 1.91 bits per heavy atom. The van der Waals surface area contributed by atoms with Gasteiger partial charge in [-0.2, -0.15) is 9.97 Å². The molecule has 9 rings (SSSR count). The van der Waals surface area contributed by atoms with Gasteiger partial charge in [-0.25, -0.2) is 24.1 Å². The number of furan rings is 2. The number of carbonyl (C=O) groups excluding carboxylic acids is 1. The minimum atomic E-state index is -0.529. The summed E-state index contributed by atoms with van der Waals surface area (Å²) in [6.07, 6.45) is 4.61. The van der Waals surface area contributed by atoms with E-state index in [1.165, 1.54) is 0 Å². The fourth-order valence-electron chi connectivity index (χ4n) is 6.00. The molecule has 0 fully saturated rings. The summed E-state index contributed by atoms with van der Waals surface area (Å²) >= 11 is 0. The maximum Gasteiger partial charge on any atom is 0.407 e. The Morgan fingerprint density at radius 1 is 0.750 bits per heavy atom. The van der Waals surface area contributed by atoms with Crippen molar-refractivity contribution in [1.29, 1.82) is 0 Å². The third-order valence-corrected chi connectivity index (χ3v) is 8.47. The number of nitrogen functional groups attached to an aromatic ring is 2. The first-order valence-electron chi connectivity index (χ1n) is 17.5. The Kier molecular flexibility index (Phi) is 9.26. The molecule has 0 saturated heterocycles. The molecule has 0 aliphatic rings. The first-order chi connectivity index (χ1) is 27.1. The van der Waals surface area contributed by atoms with Crippen molar-refractivity contribution >= 4 is 51.2 Å². The number of H-pyrrole nitrogens is 1. The Bertz CT molecular complexity index is 2760. The Labute approximate surface area is 317 Å². The number of amides is 1. The number of aromatic nitrogens is 11. The molecule has 9 aromatic rings. The molecule has 0 bridgehead atoms. The number of nitrogens with zero attached hydrogens (tertiary/aromatic N) is 10. The number of aromatic amines is 1. The van der Waals surface area contributed by atoms with E-state index < -0.39 is 11.7 Å². The van der Waals surface area contributed by atoms with Gasteiger partial charge in [-0.05, 0) is 73.9 Å². The van der Waals surface area contributed by atoms with Crippen LogP contribution < -0.4 is 16.8 Å². The van der Waals surface area contributed by atoms with Crippen LogP contribution in [-0.2, 0) is 24.4 Å². The smallest absolute Gasteiger partial charge is 0.407 e. The summed E-state index contributed by atoms with van der Waals surface area (Å²) in [5.41, 5.74) is 18.6. The van der Waals surface area contributed by atoms with Crippen LogP contribution in [0.5, 0.6) is 0 Å². The zero-order chi connectivity index (χ0) is 38.8. The van der Waals surface area contributed by atoms with Crippen LogP contribution >= 0.6 is 0 Å². The van der Waals surface area contributed by atoms with Gasteiger partial charge >= 0.3 is 6.09 Å². The van der Waals surface area contributed by atoms with Crippen molar-refractivity contribution in [3.63, 3.8) is 0 Å². The van der Waals surface area contributed by atoms with Gasteiger partial charge in [0.15, 0.2) is 33.8 Å². The number of hydrogen-bond donors (Lipinski definition) is 4. The molecule has 0 spiro atoms. The van der Waals surface area contributed by atoms with Gasteiger partial charge < -0.3 is 35.3 Å². The molecule has 2 aromatic carbocycles. The quantitative estimate of drug-likeness (QED) is 0.145. The average molecular weight is 753 g/mol. The number of anilines is 2. The molecule has 282 valence electrons. The first-order valence-corrected chi connectivity index (χ1v) is 17.5. The molecule has 7 heterocycles. The monoisotopic (exact) mass is 752 g/mol. The lowest BCUT2D eigenvalue weighted by atomic mass is 10.1. The lowest BCUT2D eigenvalue weighted by Crippen LogP contribution is -2.32. The van der Waals surface area contributed by atoms with Gasteiger partial charge in [-0.3, -0.25) is 0 Å². The maximum absolute atomic E-state index is 11.8. The molecule has 0 atom stereocenters. The van der Waals surface area contributed by atoms with E-state index in [-0.39, 0.29) is 11.9 Å². The first kappa shape index (κ1) is 35.4. The van der Waals surface area contributed by atoms with E-state index >= 15 is 0 Å². The zero-order valence-electron chi connectivity index (χ0n) is 30.5. The van der Waals surface area contributed by atoms with E-state index in [4.69, 9.17) is 25.0 Å². The molecule has 18 nitrogen and oxygen atoms in total. The van der Waals surface area contributed by atoms with Crippen LogP contribution in [0.4, 0.5) is 16.7 Å².